The molecule has 5 aromatic carbocycles. The van der Waals surface area contributed by atoms with E-state index in [1.54, 1.807) is 52.2 Å². The summed E-state index contributed by atoms with van der Waals surface area (Å²) >= 11 is 1.22. The van der Waals surface area contributed by atoms with Crippen LogP contribution in [-0.2, 0) is 59.6 Å². The molecule has 0 aromatic heterocycles. The highest BCUT2D eigenvalue weighted by atomic mass is 32.2. The van der Waals surface area contributed by atoms with Crippen LogP contribution in [0.15, 0.2) is 96.0 Å². The van der Waals surface area contributed by atoms with Gasteiger partial charge in [-0.05, 0) is 119 Å². The molecule has 3 heterocycles. The Hall–Kier alpha value is -8.43. The second-order valence-electron chi connectivity index (χ2n) is 24.7. The third-order valence-corrected chi connectivity index (χ3v) is 16.3. The third-order valence-electron chi connectivity index (χ3n) is 15.4. The van der Waals surface area contributed by atoms with Crippen LogP contribution in [0.5, 0.6) is 23.0 Å². The maximum atomic E-state index is 14.8. The molecule has 20 nitrogen and oxygen atoms in total. The number of amides is 5. The van der Waals surface area contributed by atoms with E-state index < -0.39 is 28.7 Å². The molecule has 0 radical (unpaired) electrons. The molecule has 92 heavy (non-hydrogen) atoms. The van der Waals surface area contributed by atoms with Gasteiger partial charge in [-0.25, -0.2) is 4.79 Å². The van der Waals surface area contributed by atoms with Crippen molar-refractivity contribution in [2.45, 2.75) is 146 Å². The number of carbonyl (C=O) groups is 7. The Morgan fingerprint density at radius 1 is 0.815 bits per heavy atom. The molecule has 0 saturated heterocycles. The number of thioether (sulfide) groups is 1. The molecule has 496 valence electrons. The number of para-hydroxylation sites is 2. The molecule has 3 aliphatic rings. The summed E-state index contributed by atoms with van der Waals surface area (Å²) in [5.74, 6) is -0.801. The lowest BCUT2D eigenvalue weighted by Crippen LogP contribution is -2.54. The highest BCUT2D eigenvalue weighted by Crippen LogP contribution is 2.43. The highest BCUT2D eigenvalue weighted by Gasteiger charge is 2.42. The molecule has 5 aromatic rings. The summed E-state index contributed by atoms with van der Waals surface area (Å²) in [6, 6.07) is 27.9. The lowest BCUT2D eigenvalue weighted by Gasteiger charge is -2.44. The predicted octanol–water partition coefficient (Wildman–Crippen LogP) is 12.2. The van der Waals surface area contributed by atoms with E-state index in [1.807, 2.05) is 129 Å². The summed E-state index contributed by atoms with van der Waals surface area (Å²) in [5.41, 5.74) is 5.49. The molecular formula is C71H93N7O13S. The van der Waals surface area contributed by atoms with Crippen LogP contribution in [0.3, 0.4) is 0 Å². The molecule has 21 heteroatoms. The number of fused-ring (bicyclic) bond motifs is 5. The number of nitrogens with zero attached hydrogens (tertiary/aromatic N) is 5. The zero-order valence-electron chi connectivity index (χ0n) is 56.4. The summed E-state index contributed by atoms with van der Waals surface area (Å²) in [5, 5.41) is 6.98. The topological polar surface area (TPSA) is 224 Å². The number of ether oxygens (including phenoxy) is 5. The Kier molecular flexibility index (Phi) is 25.8. The minimum absolute atomic E-state index is 0.0169. The molecule has 0 bridgehead atoms. The van der Waals surface area contributed by atoms with Crippen LogP contribution in [-0.4, -0.2) is 130 Å². The van der Waals surface area contributed by atoms with Gasteiger partial charge in [-0.2, -0.15) is 5.06 Å². The number of carbonyl (C=O) groups excluding carboxylic acids is 7. The van der Waals surface area contributed by atoms with Crippen molar-refractivity contribution >= 4 is 88.2 Å². The van der Waals surface area contributed by atoms with Crippen molar-refractivity contribution in [1.82, 2.24) is 10.4 Å². The standard InChI is InChI=1S/C63H73N7O12S.C6H14O.C2H6/c1-39(2)58(74)70(63(5,6)38-62(3,4)61(77)65-22-25-83-37-57(73)82-67(8)56(72)20-15-24-71)44-27-40(35-80-54-32-48(64-7)46(30-52(54)78-9)59(75)68-23-21-42-16-11-13-18-50(42)68)26-41(28-44)36-81-55-33-49-47(31-53(55)79-10)60(76)69-45(34-66-49)29-43-17-12-14-19-51(43)69;1-5-7-6(2,3)4;1-2/h11-14,16-19,24,26-28,30-34,39,45,64H,15,20-23,25,29,35-38H2,1-10H3,(H,65,77);5H2,1-4H3;1-2H3. The molecule has 0 aliphatic carbocycles. The fourth-order valence-corrected chi connectivity index (χ4v) is 12.0. The summed E-state index contributed by atoms with van der Waals surface area (Å²) in [6.45, 7) is 24.8. The molecule has 0 saturated carbocycles. The normalized spacial score (nSPS) is 13.8. The van der Waals surface area contributed by atoms with E-state index in [-0.39, 0.29) is 80.0 Å². The van der Waals surface area contributed by atoms with Crippen molar-refractivity contribution in [3.63, 3.8) is 0 Å². The average Bonchev–Trinajstić information content (AvgIpc) is 1.50. The van der Waals surface area contributed by atoms with Crippen LogP contribution < -0.4 is 44.3 Å². The van der Waals surface area contributed by atoms with Crippen LogP contribution >= 0.6 is 11.8 Å². The van der Waals surface area contributed by atoms with E-state index in [9.17, 15) is 33.6 Å². The lowest BCUT2D eigenvalue weighted by molar-refractivity contribution is -0.190. The maximum absolute atomic E-state index is 14.8. The Labute approximate surface area is 547 Å². The first-order valence-corrected chi connectivity index (χ1v) is 32.5. The number of hydrogen-bond acceptors (Lipinski definition) is 16. The van der Waals surface area contributed by atoms with E-state index in [0.29, 0.717) is 87.3 Å². The van der Waals surface area contributed by atoms with Crippen molar-refractivity contribution < 1.29 is 62.1 Å². The zero-order chi connectivity index (χ0) is 67.7. The van der Waals surface area contributed by atoms with Crippen LogP contribution in [0.1, 0.15) is 145 Å². The number of nitrogens with one attached hydrogen (secondary N) is 2. The Bertz CT molecular complexity index is 3470. The van der Waals surface area contributed by atoms with Crippen LogP contribution in [0, 0.1) is 11.3 Å². The maximum Gasteiger partial charge on any atom is 0.342 e. The summed E-state index contributed by atoms with van der Waals surface area (Å²) in [7, 11) is 6.07. The fraction of sp³-hybridized carbons (Fsp3) is 0.465. The van der Waals surface area contributed by atoms with Gasteiger partial charge in [0.25, 0.3) is 17.7 Å². The van der Waals surface area contributed by atoms with Gasteiger partial charge in [-0.3, -0.25) is 33.9 Å². The smallest absolute Gasteiger partial charge is 0.342 e. The second-order valence-corrected chi connectivity index (χ2v) is 25.8. The molecule has 1 unspecified atom stereocenters. The minimum atomic E-state index is -1.02. The van der Waals surface area contributed by atoms with Crippen LogP contribution in [0.2, 0.25) is 0 Å². The second kappa shape index (κ2) is 32.7. The number of anilines is 4. The van der Waals surface area contributed by atoms with Crippen molar-refractivity contribution in [1.29, 1.82) is 0 Å². The van der Waals surface area contributed by atoms with E-state index in [0.717, 1.165) is 40.6 Å². The molecule has 0 fully saturated rings. The highest BCUT2D eigenvalue weighted by molar-refractivity contribution is 7.99. The number of hydrogen-bond donors (Lipinski definition) is 2. The van der Waals surface area contributed by atoms with Gasteiger partial charge in [0.05, 0.1) is 54.1 Å². The summed E-state index contributed by atoms with van der Waals surface area (Å²) in [4.78, 5) is 107. The number of benzene rings is 5. The molecule has 0 spiro atoms. The SMILES string of the molecule is CC.CCOC(C)(C)C.CNc1cc(OCc2cc(COc3cc4c(cc3OC)C(=O)N3c5ccccc5CC3C=N4)cc(N(C(=O)C(C)C)C(C)(C)CC(C)(C)C(=O)NCCSCC(=O)ON(C)C(=O)CCC=O)c2)c(OC)cc1C(=O)N1CCc2ccccc21. The van der Waals surface area contributed by atoms with E-state index in [4.69, 9.17) is 33.5 Å². The molecule has 2 N–H and O–H groups in total. The molecule has 3 aliphatic heterocycles. The lowest BCUT2D eigenvalue weighted by atomic mass is 9.77. The van der Waals surface area contributed by atoms with Gasteiger partial charge in [0.1, 0.15) is 19.5 Å². The van der Waals surface area contributed by atoms with Gasteiger partial charge < -0.3 is 53.7 Å². The number of methoxy groups -OCH3 is 2. The molecule has 1 atom stereocenters. The fourth-order valence-electron chi connectivity index (χ4n) is 11.4. The van der Waals surface area contributed by atoms with Gasteiger partial charge >= 0.3 is 5.97 Å². The summed E-state index contributed by atoms with van der Waals surface area (Å²) in [6.07, 6.45) is 3.96. The van der Waals surface area contributed by atoms with Gasteiger partial charge in [0.15, 0.2) is 23.0 Å². The van der Waals surface area contributed by atoms with Crippen molar-refractivity contribution in [3.8, 4) is 23.0 Å². The number of hydroxylamine groups is 2. The first-order chi connectivity index (χ1) is 43.7. The molecule has 5 amide bonds. The quantitative estimate of drug-likeness (QED) is 0.0315. The molecular weight excluding hydrogens is 1190 g/mol. The van der Waals surface area contributed by atoms with Crippen molar-refractivity contribution in [2.24, 2.45) is 16.3 Å². The van der Waals surface area contributed by atoms with Crippen molar-refractivity contribution in [3.05, 3.63) is 124 Å². The van der Waals surface area contributed by atoms with Gasteiger partial charge in [-0.15, -0.1) is 11.8 Å². The number of rotatable bonds is 25. The summed E-state index contributed by atoms with van der Waals surface area (Å²) < 4.78 is 30.2. The monoisotopic (exact) mass is 1280 g/mol. The third kappa shape index (κ3) is 18.4. The number of aldehydes is 1. The first kappa shape index (κ1) is 72.6. The molecule has 8 rings (SSSR count). The average molecular weight is 1280 g/mol. The first-order valence-electron chi connectivity index (χ1n) is 31.3. The Morgan fingerprint density at radius 3 is 2.03 bits per heavy atom. The van der Waals surface area contributed by atoms with Crippen molar-refractivity contribution in [2.75, 3.05) is 79.5 Å². The Balaban J connectivity index is 0.00000140. The minimum Gasteiger partial charge on any atom is -0.493 e. The van der Waals surface area contributed by atoms with Crippen LogP contribution in [0.25, 0.3) is 0 Å². The Morgan fingerprint density at radius 2 is 1.43 bits per heavy atom. The number of aliphatic imine (C=N–C) groups is 1. The van der Waals surface area contributed by atoms with Gasteiger partial charge in [0, 0.05) is 111 Å². The zero-order valence-corrected chi connectivity index (χ0v) is 57.2. The largest absolute Gasteiger partial charge is 0.493 e. The predicted molar refractivity (Wildman–Crippen MR) is 363 cm³/mol. The van der Waals surface area contributed by atoms with E-state index in [1.165, 1.54) is 33.0 Å². The van der Waals surface area contributed by atoms with Gasteiger partial charge in [-0.1, -0.05) is 77.9 Å². The van der Waals surface area contributed by atoms with Gasteiger partial charge in [0.2, 0.25) is 11.8 Å². The van der Waals surface area contributed by atoms with E-state index in [2.05, 4.69) is 31.4 Å². The van der Waals surface area contributed by atoms with E-state index >= 15 is 0 Å². The van der Waals surface area contributed by atoms with Crippen LogP contribution in [0.4, 0.5) is 28.4 Å².